The average Bonchev–Trinajstić information content (AvgIpc) is 2.97. The maximum Gasteiger partial charge on any atom is 0.0447 e. The molecule has 106 valence electrons. The molecule has 3 aromatic rings. The fourth-order valence-electron chi connectivity index (χ4n) is 3.22. The fourth-order valence-corrected chi connectivity index (χ4v) is 3.46. The molecule has 22 heavy (non-hydrogen) atoms. The predicted octanol–water partition coefficient (Wildman–Crippen LogP) is 5.86. The van der Waals surface area contributed by atoms with Crippen molar-refractivity contribution in [3.05, 3.63) is 106 Å². The Kier molecular flexibility index (Phi) is 3.32. The van der Waals surface area contributed by atoms with Crippen LogP contribution < -0.4 is 0 Å². The van der Waals surface area contributed by atoms with E-state index in [0.717, 1.165) is 11.4 Å². The maximum atomic E-state index is 6.45. The summed E-state index contributed by atoms with van der Waals surface area (Å²) in [6.45, 7) is 0. The van der Waals surface area contributed by atoms with Gasteiger partial charge in [0, 0.05) is 11.4 Å². The van der Waals surface area contributed by atoms with Gasteiger partial charge in [-0.05, 0) is 39.5 Å². The molecule has 0 nitrogen and oxygen atoms in total. The van der Waals surface area contributed by atoms with E-state index in [1.54, 1.807) is 0 Å². The predicted molar refractivity (Wildman–Crippen MR) is 94.0 cm³/mol. The largest absolute Gasteiger partial charge is 0.0840 e. The maximum absolute atomic E-state index is 6.45. The third kappa shape index (κ3) is 2.17. The molecular formula is C21H15Cl. The molecule has 0 amide bonds. The third-order valence-electron chi connectivity index (χ3n) is 4.23. The van der Waals surface area contributed by atoms with Crippen LogP contribution in [0.5, 0.6) is 0 Å². The SMILES string of the molecule is Clc1cccc2c1CC(c1ccccc1)=C2c1ccccc1. The lowest BCUT2D eigenvalue weighted by Crippen LogP contribution is -1.88. The number of halogens is 1. The molecule has 0 unspecified atom stereocenters. The quantitative estimate of drug-likeness (QED) is 0.556. The lowest BCUT2D eigenvalue weighted by molar-refractivity contribution is 1.31. The highest BCUT2D eigenvalue weighted by Crippen LogP contribution is 2.44. The second-order valence-corrected chi connectivity index (χ2v) is 5.94. The van der Waals surface area contributed by atoms with Crippen molar-refractivity contribution in [3.8, 4) is 0 Å². The van der Waals surface area contributed by atoms with Crippen LogP contribution in [0.1, 0.15) is 22.3 Å². The molecule has 0 atom stereocenters. The van der Waals surface area contributed by atoms with E-state index in [4.69, 9.17) is 11.6 Å². The zero-order valence-electron chi connectivity index (χ0n) is 12.1. The van der Waals surface area contributed by atoms with Crippen LogP contribution in [0.15, 0.2) is 78.9 Å². The highest BCUT2D eigenvalue weighted by molar-refractivity contribution is 6.32. The summed E-state index contributed by atoms with van der Waals surface area (Å²) in [7, 11) is 0. The monoisotopic (exact) mass is 302 g/mol. The van der Waals surface area contributed by atoms with Crippen LogP contribution >= 0.6 is 11.6 Å². The van der Waals surface area contributed by atoms with Gasteiger partial charge < -0.3 is 0 Å². The number of fused-ring (bicyclic) bond motifs is 1. The Balaban J connectivity index is 1.99. The van der Waals surface area contributed by atoms with Gasteiger partial charge in [0.05, 0.1) is 0 Å². The summed E-state index contributed by atoms with van der Waals surface area (Å²) >= 11 is 6.45. The lowest BCUT2D eigenvalue weighted by atomic mass is 9.94. The van der Waals surface area contributed by atoms with Crippen LogP contribution in [0.2, 0.25) is 5.02 Å². The van der Waals surface area contributed by atoms with Crippen LogP contribution in [0.3, 0.4) is 0 Å². The van der Waals surface area contributed by atoms with Crippen molar-refractivity contribution in [2.24, 2.45) is 0 Å². The normalized spacial score (nSPS) is 13.3. The van der Waals surface area contributed by atoms with Gasteiger partial charge in [-0.3, -0.25) is 0 Å². The van der Waals surface area contributed by atoms with Crippen molar-refractivity contribution < 1.29 is 0 Å². The summed E-state index contributed by atoms with van der Waals surface area (Å²) in [4.78, 5) is 0. The van der Waals surface area contributed by atoms with Gasteiger partial charge in [-0.1, -0.05) is 84.4 Å². The van der Waals surface area contributed by atoms with E-state index >= 15 is 0 Å². The van der Waals surface area contributed by atoms with Gasteiger partial charge in [-0.25, -0.2) is 0 Å². The summed E-state index contributed by atoms with van der Waals surface area (Å²) in [5.41, 5.74) is 7.69. The Morgan fingerprint density at radius 1 is 0.636 bits per heavy atom. The molecule has 0 aromatic heterocycles. The second kappa shape index (κ2) is 5.47. The van der Waals surface area contributed by atoms with Crippen LogP contribution in [0, 0.1) is 0 Å². The minimum Gasteiger partial charge on any atom is -0.0840 e. The van der Waals surface area contributed by atoms with Crippen molar-refractivity contribution in [1.82, 2.24) is 0 Å². The van der Waals surface area contributed by atoms with Gasteiger partial charge >= 0.3 is 0 Å². The highest BCUT2D eigenvalue weighted by Gasteiger charge is 2.25. The van der Waals surface area contributed by atoms with Crippen molar-refractivity contribution >= 4 is 22.7 Å². The Morgan fingerprint density at radius 2 is 1.27 bits per heavy atom. The molecule has 1 aliphatic carbocycles. The fraction of sp³-hybridized carbons (Fsp3) is 0.0476. The highest BCUT2D eigenvalue weighted by atomic mass is 35.5. The zero-order valence-corrected chi connectivity index (χ0v) is 12.8. The van der Waals surface area contributed by atoms with Crippen molar-refractivity contribution in [2.45, 2.75) is 6.42 Å². The smallest absolute Gasteiger partial charge is 0.0447 e. The van der Waals surface area contributed by atoms with Gasteiger partial charge in [0.2, 0.25) is 0 Å². The molecule has 0 aliphatic heterocycles. The molecule has 3 aromatic carbocycles. The molecular weight excluding hydrogens is 288 g/mol. The molecule has 0 N–H and O–H groups in total. The summed E-state index contributed by atoms with van der Waals surface area (Å²) in [6, 6.07) is 27.4. The van der Waals surface area contributed by atoms with Gasteiger partial charge in [0.25, 0.3) is 0 Å². The van der Waals surface area contributed by atoms with Crippen LogP contribution in [-0.2, 0) is 6.42 Å². The standard InChI is InChI=1S/C21H15Cl/c22-20-13-7-12-17-19(20)14-18(15-8-3-1-4-9-15)21(17)16-10-5-2-6-11-16/h1-13H,14H2. The topological polar surface area (TPSA) is 0 Å². The minimum absolute atomic E-state index is 0.858. The number of hydrogen-bond donors (Lipinski definition) is 0. The first-order chi connectivity index (χ1) is 10.8. The second-order valence-electron chi connectivity index (χ2n) is 5.53. The van der Waals surface area contributed by atoms with Crippen LogP contribution in [-0.4, -0.2) is 0 Å². The van der Waals surface area contributed by atoms with E-state index in [1.165, 1.54) is 33.4 Å². The number of rotatable bonds is 2. The Bertz CT molecular complexity index is 846. The van der Waals surface area contributed by atoms with E-state index in [9.17, 15) is 0 Å². The number of benzene rings is 3. The lowest BCUT2D eigenvalue weighted by Gasteiger charge is -2.09. The van der Waals surface area contributed by atoms with Gasteiger partial charge in [-0.2, -0.15) is 0 Å². The Morgan fingerprint density at radius 3 is 1.95 bits per heavy atom. The molecule has 0 spiro atoms. The van der Waals surface area contributed by atoms with Gasteiger partial charge in [0.1, 0.15) is 0 Å². The molecule has 0 saturated heterocycles. The first-order valence-corrected chi connectivity index (χ1v) is 7.84. The first-order valence-electron chi connectivity index (χ1n) is 7.46. The number of allylic oxidation sites excluding steroid dienone is 1. The first kappa shape index (κ1) is 13.4. The number of hydrogen-bond acceptors (Lipinski definition) is 0. The van der Waals surface area contributed by atoms with Gasteiger partial charge in [-0.15, -0.1) is 0 Å². The molecule has 1 aliphatic rings. The summed E-state index contributed by atoms with van der Waals surface area (Å²) in [6.07, 6.45) is 0.892. The molecule has 0 fully saturated rings. The molecule has 4 rings (SSSR count). The minimum atomic E-state index is 0.858. The van der Waals surface area contributed by atoms with Gasteiger partial charge in [0.15, 0.2) is 0 Å². The van der Waals surface area contributed by atoms with E-state index in [-0.39, 0.29) is 0 Å². The van der Waals surface area contributed by atoms with Crippen molar-refractivity contribution in [2.75, 3.05) is 0 Å². The van der Waals surface area contributed by atoms with E-state index in [2.05, 4.69) is 66.7 Å². The molecule has 0 saturated carbocycles. The average molecular weight is 303 g/mol. The Labute approximate surface area is 135 Å². The van der Waals surface area contributed by atoms with Crippen molar-refractivity contribution in [1.29, 1.82) is 0 Å². The van der Waals surface area contributed by atoms with E-state index in [1.807, 2.05) is 12.1 Å². The Hall–Kier alpha value is -2.31. The van der Waals surface area contributed by atoms with E-state index < -0.39 is 0 Å². The molecule has 0 radical (unpaired) electrons. The molecule has 1 heteroatoms. The zero-order chi connectivity index (χ0) is 14.9. The molecule has 0 heterocycles. The summed E-state index contributed by atoms with van der Waals surface area (Å²) in [5, 5.41) is 0.858. The van der Waals surface area contributed by atoms with Crippen LogP contribution in [0.25, 0.3) is 11.1 Å². The summed E-state index contributed by atoms with van der Waals surface area (Å²) in [5.74, 6) is 0. The third-order valence-corrected chi connectivity index (χ3v) is 4.58. The summed E-state index contributed by atoms with van der Waals surface area (Å²) < 4.78 is 0. The van der Waals surface area contributed by atoms with Crippen LogP contribution in [0.4, 0.5) is 0 Å². The van der Waals surface area contributed by atoms with Crippen molar-refractivity contribution in [3.63, 3.8) is 0 Å². The molecule has 0 bridgehead atoms. The van der Waals surface area contributed by atoms with E-state index in [0.29, 0.717) is 0 Å².